The second kappa shape index (κ2) is 6.85. The minimum Gasteiger partial charge on any atom is -0.498 e. The predicted octanol–water partition coefficient (Wildman–Crippen LogP) is 5.88. The third kappa shape index (κ3) is 2.74. The zero-order chi connectivity index (χ0) is 21.2. The summed E-state index contributed by atoms with van der Waals surface area (Å²) < 4.78 is 11.8. The van der Waals surface area contributed by atoms with Crippen molar-refractivity contribution in [1.29, 1.82) is 0 Å². The van der Waals surface area contributed by atoms with Crippen LogP contribution in [-0.2, 0) is 22.4 Å². The summed E-state index contributed by atoms with van der Waals surface area (Å²) in [4.78, 5) is 12.8. The molecule has 0 amide bonds. The lowest BCUT2D eigenvalue weighted by atomic mass is 9.54. The maximum absolute atomic E-state index is 12.8. The molecule has 2 aliphatic heterocycles. The summed E-state index contributed by atoms with van der Waals surface area (Å²) in [6.07, 6.45) is 13.8. The van der Waals surface area contributed by atoms with Crippen molar-refractivity contribution in [2.24, 2.45) is 16.7 Å². The van der Waals surface area contributed by atoms with Crippen molar-refractivity contribution in [3.05, 3.63) is 64.0 Å². The van der Waals surface area contributed by atoms with Gasteiger partial charge in [-0.15, -0.1) is 0 Å². The molecule has 0 N–H and O–H groups in total. The number of fused-ring (bicyclic) bond motifs is 5. The van der Waals surface area contributed by atoms with Gasteiger partial charge in [-0.1, -0.05) is 30.2 Å². The second-order valence-corrected chi connectivity index (χ2v) is 10.4. The van der Waals surface area contributed by atoms with Gasteiger partial charge in [-0.3, -0.25) is 4.79 Å². The van der Waals surface area contributed by atoms with Crippen LogP contribution in [0.5, 0.6) is 5.75 Å². The minimum absolute atomic E-state index is 0.0475. The Hall–Kier alpha value is -2.29. The highest BCUT2D eigenvalue weighted by Gasteiger charge is 2.54. The summed E-state index contributed by atoms with van der Waals surface area (Å²) in [5, 5.41) is 0. The molecule has 1 aromatic rings. The van der Waals surface area contributed by atoms with Gasteiger partial charge in [0, 0.05) is 30.1 Å². The smallest absolute Gasteiger partial charge is 0.139 e. The molecule has 4 aliphatic carbocycles. The lowest BCUT2D eigenvalue weighted by Gasteiger charge is -2.50. The first-order valence-electron chi connectivity index (χ1n) is 12.0. The van der Waals surface area contributed by atoms with E-state index >= 15 is 0 Å². The maximum atomic E-state index is 12.8. The van der Waals surface area contributed by atoms with Gasteiger partial charge in [0.1, 0.15) is 11.5 Å². The highest BCUT2D eigenvalue weighted by atomic mass is 16.5. The number of Topliss-reactive ketones (excluding diaryl/α,β-unsaturated/α-hetero) is 1. The number of methoxy groups -OCH3 is 1. The molecule has 0 aromatic heterocycles. The standard InChI is InChI=1S/C28H32O3/c1-27-12-10-25-23(24(27)7-8-26(27)29)6-4-20-16-22-9-13-28(20,25)17-19-15-21(30-2)5-3-18(19)11-14-31-22/h3-5,15-16,24H,6-14,17H2,1-2H3/t24-,27-,28+/m0/s1. The van der Waals surface area contributed by atoms with Crippen molar-refractivity contribution >= 4 is 5.78 Å². The molecule has 2 heterocycles. The molecule has 0 saturated heterocycles. The van der Waals surface area contributed by atoms with Gasteiger partial charge in [0.2, 0.25) is 0 Å². The van der Waals surface area contributed by atoms with Crippen LogP contribution in [0.1, 0.15) is 63.0 Å². The molecule has 3 nitrogen and oxygen atoms in total. The Bertz CT molecular complexity index is 1060. The molecule has 1 aromatic carbocycles. The highest BCUT2D eigenvalue weighted by molar-refractivity contribution is 5.88. The fraction of sp³-hybridized carbons (Fsp3) is 0.536. The molecular weight excluding hydrogens is 384 g/mol. The summed E-state index contributed by atoms with van der Waals surface area (Å²) in [5.41, 5.74) is 7.41. The molecule has 7 rings (SSSR count). The number of allylic oxidation sites excluding steroid dienone is 6. The normalized spacial score (nSPS) is 34.0. The van der Waals surface area contributed by atoms with E-state index < -0.39 is 0 Å². The van der Waals surface area contributed by atoms with E-state index in [2.05, 4.69) is 37.3 Å². The molecule has 6 aliphatic rings. The second-order valence-electron chi connectivity index (χ2n) is 10.4. The summed E-state index contributed by atoms with van der Waals surface area (Å²) in [6, 6.07) is 6.56. The van der Waals surface area contributed by atoms with E-state index in [9.17, 15) is 4.79 Å². The van der Waals surface area contributed by atoms with Crippen molar-refractivity contribution < 1.29 is 14.3 Å². The van der Waals surface area contributed by atoms with Crippen LogP contribution in [0, 0.1) is 16.7 Å². The number of carbonyl (C=O) groups excluding carboxylic acids is 1. The SMILES string of the molecule is COc1ccc2c(c1)C[C@]13CCC(=CC1=CCC1=C3CC[C@]3(C)C(=O)CC[C@@H]13)OCC2. The van der Waals surface area contributed by atoms with Gasteiger partial charge in [0.25, 0.3) is 0 Å². The molecule has 0 unspecified atom stereocenters. The zero-order valence-corrected chi connectivity index (χ0v) is 18.8. The van der Waals surface area contributed by atoms with Crippen LogP contribution in [-0.4, -0.2) is 19.5 Å². The van der Waals surface area contributed by atoms with E-state index in [1.165, 1.54) is 16.7 Å². The lowest BCUT2D eigenvalue weighted by Crippen LogP contribution is -2.41. The third-order valence-corrected chi connectivity index (χ3v) is 9.12. The van der Waals surface area contributed by atoms with E-state index in [0.29, 0.717) is 11.7 Å². The quantitative estimate of drug-likeness (QED) is 0.536. The fourth-order valence-corrected chi connectivity index (χ4v) is 7.34. The summed E-state index contributed by atoms with van der Waals surface area (Å²) >= 11 is 0. The molecule has 1 spiro atoms. The van der Waals surface area contributed by atoms with Crippen LogP contribution in [0.25, 0.3) is 0 Å². The number of rotatable bonds is 1. The van der Waals surface area contributed by atoms with Crippen molar-refractivity contribution in [2.45, 2.75) is 64.7 Å². The van der Waals surface area contributed by atoms with Crippen LogP contribution >= 0.6 is 0 Å². The van der Waals surface area contributed by atoms with E-state index in [4.69, 9.17) is 9.47 Å². The van der Waals surface area contributed by atoms with Gasteiger partial charge in [-0.25, -0.2) is 0 Å². The molecule has 0 radical (unpaired) electrons. The summed E-state index contributed by atoms with van der Waals surface area (Å²) in [7, 11) is 1.75. The molecule has 1 fully saturated rings. The number of hydrogen-bond acceptors (Lipinski definition) is 3. The molecular formula is C28H32O3. The van der Waals surface area contributed by atoms with Crippen molar-refractivity contribution in [1.82, 2.24) is 0 Å². The molecule has 31 heavy (non-hydrogen) atoms. The van der Waals surface area contributed by atoms with E-state index in [0.717, 1.165) is 75.9 Å². The molecule has 3 atom stereocenters. The van der Waals surface area contributed by atoms with Crippen LogP contribution < -0.4 is 4.74 Å². The Morgan fingerprint density at radius 1 is 1.10 bits per heavy atom. The van der Waals surface area contributed by atoms with Crippen LogP contribution in [0.3, 0.4) is 0 Å². The first kappa shape index (κ1) is 19.4. The lowest BCUT2D eigenvalue weighted by molar-refractivity contribution is -0.126. The van der Waals surface area contributed by atoms with Crippen LogP contribution in [0.2, 0.25) is 0 Å². The van der Waals surface area contributed by atoms with E-state index in [-0.39, 0.29) is 10.8 Å². The predicted molar refractivity (Wildman–Crippen MR) is 121 cm³/mol. The first-order valence-corrected chi connectivity index (χ1v) is 12.0. The molecule has 2 bridgehead atoms. The minimum atomic E-state index is -0.128. The fourth-order valence-electron chi connectivity index (χ4n) is 7.34. The van der Waals surface area contributed by atoms with Crippen molar-refractivity contribution in [2.75, 3.05) is 13.7 Å². The Labute approximate surface area is 185 Å². The van der Waals surface area contributed by atoms with Gasteiger partial charge < -0.3 is 9.47 Å². The average Bonchev–Trinajstić information content (AvgIpc) is 3.09. The van der Waals surface area contributed by atoms with Crippen molar-refractivity contribution in [3.8, 4) is 5.75 Å². The first-order chi connectivity index (χ1) is 15.0. The average molecular weight is 417 g/mol. The Kier molecular flexibility index (Phi) is 4.29. The summed E-state index contributed by atoms with van der Waals surface area (Å²) in [6.45, 7) is 2.98. The van der Waals surface area contributed by atoms with Gasteiger partial charge in [0.05, 0.1) is 19.5 Å². The van der Waals surface area contributed by atoms with Crippen molar-refractivity contribution in [3.63, 3.8) is 0 Å². The number of ether oxygens (including phenoxy) is 2. The molecule has 162 valence electrons. The zero-order valence-electron chi connectivity index (χ0n) is 18.8. The van der Waals surface area contributed by atoms with Gasteiger partial charge >= 0.3 is 0 Å². The van der Waals surface area contributed by atoms with Gasteiger partial charge in [-0.05, 0) is 79.4 Å². The Morgan fingerprint density at radius 2 is 2.00 bits per heavy atom. The number of benzene rings is 1. The van der Waals surface area contributed by atoms with E-state index in [1.807, 2.05) is 0 Å². The Balaban J connectivity index is 1.52. The van der Waals surface area contributed by atoms with E-state index in [1.54, 1.807) is 18.3 Å². The third-order valence-electron chi connectivity index (χ3n) is 9.12. The van der Waals surface area contributed by atoms with Gasteiger partial charge in [0.15, 0.2) is 0 Å². The topological polar surface area (TPSA) is 35.5 Å². The Morgan fingerprint density at radius 3 is 2.87 bits per heavy atom. The monoisotopic (exact) mass is 416 g/mol. The van der Waals surface area contributed by atoms with Crippen LogP contribution in [0.4, 0.5) is 0 Å². The molecule has 3 heteroatoms. The maximum Gasteiger partial charge on any atom is 0.139 e. The number of hydrogen-bond donors (Lipinski definition) is 0. The van der Waals surface area contributed by atoms with Gasteiger partial charge in [-0.2, -0.15) is 0 Å². The number of ketones is 1. The number of carbonyl (C=O) groups is 1. The largest absolute Gasteiger partial charge is 0.498 e. The van der Waals surface area contributed by atoms with Crippen LogP contribution in [0.15, 0.2) is 52.8 Å². The highest BCUT2D eigenvalue weighted by Crippen LogP contribution is 2.62. The summed E-state index contributed by atoms with van der Waals surface area (Å²) in [5.74, 6) is 3.03. The molecule has 1 saturated carbocycles.